The van der Waals surface area contributed by atoms with E-state index < -0.39 is 0 Å². The number of ether oxygens (including phenoxy) is 1. The van der Waals surface area contributed by atoms with Crippen molar-refractivity contribution in [3.05, 3.63) is 29.3 Å². The smallest absolute Gasteiger partial charge is 0.137 e. The highest BCUT2D eigenvalue weighted by Crippen LogP contribution is 2.27. The topological polar surface area (TPSA) is 46.1 Å². The van der Waals surface area contributed by atoms with Gasteiger partial charge in [-0.3, -0.25) is 0 Å². The first-order valence-corrected chi connectivity index (χ1v) is 6.61. The van der Waals surface area contributed by atoms with Gasteiger partial charge in [-0.15, -0.1) is 0 Å². The maximum Gasteiger partial charge on any atom is 0.137 e. The van der Waals surface area contributed by atoms with Gasteiger partial charge in [0.05, 0.1) is 13.2 Å². The number of rotatable bonds is 6. The van der Waals surface area contributed by atoms with Gasteiger partial charge in [0, 0.05) is 0 Å². The first-order valence-electron chi connectivity index (χ1n) is 6.61. The van der Waals surface area contributed by atoms with Crippen molar-refractivity contribution < 1.29 is 15.2 Å². The van der Waals surface area contributed by atoms with Gasteiger partial charge in [0.1, 0.15) is 18.9 Å². The Bertz CT molecular complexity index is 369. The largest absolute Gasteiger partial charge is 0.487 e. The molecule has 0 radical (unpaired) electrons. The highest BCUT2D eigenvalue weighted by Gasteiger charge is 2.14. The third kappa shape index (κ3) is 4.67. The van der Waals surface area contributed by atoms with Crippen molar-refractivity contribution in [2.45, 2.75) is 33.1 Å². The molecule has 0 bridgehead atoms. The predicted octanol–water partition coefficient (Wildman–Crippen LogP) is 1.23. The Morgan fingerprint density at radius 3 is 2.50 bits per heavy atom. The summed E-state index contributed by atoms with van der Waals surface area (Å²) in [4.78, 5) is 0. The lowest BCUT2D eigenvalue weighted by atomic mass is 9.86. The Hall–Kier alpha value is -1.06. The van der Waals surface area contributed by atoms with Crippen LogP contribution >= 0.6 is 0 Å². The van der Waals surface area contributed by atoms with E-state index in [4.69, 9.17) is 9.84 Å². The van der Waals surface area contributed by atoms with E-state index in [-0.39, 0.29) is 12.0 Å². The number of hydrogen-bond donors (Lipinski definition) is 2. The lowest BCUT2D eigenvalue weighted by Gasteiger charge is -2.20. The van der Waals surface area contributed by atoms with E-state index in [2.05, 4.69) is 51.2 Å². The van der Waals surface area contributed by atoms with E-state index in [0.717, 1.165) is 18.8 Å². The lowest BCUT2D eigenvalue weighted by Crippen LogP contribution is -2.86. The first kappa shape index (κ1) is 15.0. The third-order valence-corrected chi connectivity index (χ3v) is 2.95. The van der Waals surface area contributed by atoms with Crippen LogP contribution < -0.4 is 10.1 Å². The molecule has 1 aromatic rings. The van der Waals surface area contributed by atoms with Crippen LogP contribution in [-0.2, 0) is 5.41 Å². The van der Waals surface area contributed by atoms with Crippen molar-refractivity contribution in [3.63, 3.8) is 0 Å². The standard InChI is InChI=1S/C15H25NO2/c1-12-11-13(15(2,3)4)5-6-14(12)18-10-8-16-7-9-17/h5-6,11,16-17H,7-10H2,1-4H3/p+1. The molecule has 0 aliphatic carbocycles. The molecular weight excluding hydrogens is 226 g/mol. The summed E-state index contributed by atoms with van der Waals surface area (Å²) < 4.78 is 5.74. The molecule has 102 valence electrons. The van der Waals surface area contributed by atoms with Crippen molar-refractivity contribution in [1.82, 2.24) is 0 Å². The normalized spacial score (nSPS) is 11.6. The van der Waals surface area contributed by atoms with Gasteiger partial charge in [0.2, 0.25) is 0 Å². The predicted molar refractivity (Wildman–Crippen MR) is 74.1 cm³/mol. The molecule has 1 rings (SSSR count). The number of hydrogen-bond acceptors (Lipinski definition) is 2. The second-order valence-corrected chi connectivity index (χ2v) is 5.67. The Labute approximate surface area is 110 Å². The molecular formula is C15H26NO2+. The van der Waals surface area contributed by atoms with Gasteiger partial charge in [-0.25, -0.2) is 0 Å². The molecule has 0 amide bonds. The summed E-state index contributed by atoms with van der Waals surface area (Å²) in [7, 11) is 0. The number of aliphatic hydroxyl groups excluding tert-OH is 1. The third-order valence-electron chi connectivity index (χ3n) is 2.95. The maximum absolute atomic E-state index is 8.66. The molecule has 0 atom stereocenters. The minimum absolute atomic E-state index is 0.179. The van der Waals surface area contributed by atoms with Crippen LogP contribution in [-0.4, -0.2) is 31.4 Å². The van der Waals surface area contributed by atoms with Crippen LogP contribution in [0.1, 0.15) is 31.9 Å². The van der Waals surface area contributed by atoms with Gasteiger partial charge in [-0.05, 0) is 29.5 Å². The molecule has 3 heteroatoms. The molecule has 0 aliphatic rings. The minimum atomic E-state index is 0.179. The molecule has 18 heavy (non-hydrogen) atoms. The van der Waals surface area contributed by atoms with Crippen LogP contribution in [0.3, 0.4) is 0 Å². The minimum Gasteiger partial charge on any atom is -0.487 e. The zero-order valence-corrected chi connectivity index (χ0v) is 12.0. The summed E-state index contributed by atoms with van der Waals surface area (Å²) >= 11 is 0. The quantitative estimate of drug-likeness (QED) is 0.748. The fourth-order valence-electron chi connectivity index (χ4n) is 1.77. The van der Waals surface area contributed by atoms with E-state index in [0.29, 0.717) is 6.61 Å². The van der Waals surface area contributed by atoms with Gasteiger partial charge >= 0.3 is 0 Å². The summed E-state index contributed by atoms with van der Waals surface area (Å²) in [5.41, 5.74) is 2.70. The average molecular weight is 252 g/mol. The summed E-state index contributed by atoms with van der Waals surface area (Å²) in [5.74, 6) is 0.959. The Morgan fingerprint density at radius 2 is 1.94 bits per heavy atom. The van der Waals surface area contributed by atoms with Crippen LogP contribution in [0, 0.1) is 6.92 Å². The maximum atomic E-state index is 8.66. The van der Waals surface area contributed by atoms with Crippen LogP contribution in [0.25, 0.3) is 0 Å². The van der Waals surface area contributed by atoms with Gasteiger partial charge in [0.25, 0.3) is 0 Å². The monoisotopic (exact) mass is 252 g/mol. The van der Waals surface area contributed by atoms with Gasteiger partial charge < -0.3 is 15.2 Å². The number of nitrogens with two attached hydrogens (primary N) is 1. The molecule has 0 spiro atoms. The van der Waals surface area contributed by atoms with Gasteiger partial charge in [-0.1, -0.05) is 32.9 Å². The van der Waals surface area contributed by atoms with E-state index in [1.807, 2.05) is 0 Å². The number of benzene rings is 1. The van der Waals surface area contributed by atoms with Crippen LogP contribution in [0.4, 0.5) is 0 Å². The zero-order chi connectivity index (χ0) is 13.6. The van der Waals surface area contributed by atoms with Crippen molar-refractivity contribution in [2.75, 3.05) is 26.3 Å². The summed E-state index contributed by atoms with van der Waals surface area (Å²) in [6.07, 6.45) is 0. The molecule has 0 aromatic heterocycles. The van der Waals surface area contributed by atoms with E-state index in [9.17, 15) is 0 Å². The molecule has 0 unspecified atom stereocenters. The number of quaternary nitrogens is 1. The van der Waals surface area contributed by atoms with Crippen LogP contribution in [0.5, 0.6) is 5.75 Å². The number of aliphatic hydroxyl groups is 1. The molecule has 3 nitrogen and oxygen atoms in total. The fourth-order valence-corrected chi connectivity index (χ4v) is 1.77. The fraction of sp³-hybridized carbons (Fsp3) is 0.600. The van der Waals surface area contributed by atoms with Gasteiger partial charge in [-0.2, -0.15) is 0 Å². The average Bonchev–Trinajstić information content (AvgIpc) is 2.29. The lowest BCUT2D eigenvalue weighted by molar-refractivity contribution is -0.656. The van der Waals surface area contributed by atoms with E-state index >= 15 is 0 Å². The molecule has 1 aromatic carbocycles. The highest BCUT2D eigenvalue weighted by atomic mass is 16.5. The summed E-state index contributed by atoms with van der Waals surface area (Å²) in [6, 6.07) is 6.40. The van der Waals surface area contributed by atoms with Crippen molar-refractivity contribution in [2.24, 2.45) is 0 Å². The highest BCUT2D eigenvalue weighted by molar-refractivity contribution is 5.38. The first-order chi connectivity index (χ1) is 8.45. The SMILES string of the molecule is Cc1cc(C(C)(C)C)ccc1OCC[NH2+]CCO. The van der Waals surface area contributed by atoms with Crippen molar-refractivity contribution >= 4 is 0 Å². The Balaban J connectivity index is 2.53. The molecule has 0 saturated carbocycles. The summed E-state index contributed by atoms with van der Waals surface area (Å²) in [6.45, 7) is 11.2. The second kappa shape index (κ2) is 6.76. The van der Waals surface area contributed by atoms with Gasteiger partial charge in [0.15, 0.2) is 0 Å². The molecule has 3 N–H and O–H groups in total. The van der Waals surface area contributed by atoms with Crippen molar-refractivity contribution in [3.8, 4) is 5.75 Å². The zero-order valence-electron chi connectivity index (χ0n) is 12.0. The molecule has 0 fully saturated rings. The Morgan fingerprint density at radius 1 is 1.22 bits per heavy atom. The molecule has 0 saturated heterocycles. The van der Waals surface area contributed by atoms with E-state index in [1.54, 1.807) is 0 Å². The van der Waals surface area contributed by atoms with Crippen LogP contribution in [0.2, 0.25) is 0 Å². The van der Waals surface area contributed by atoms with Crippen molar-refractivity contribution in [1.29, 1.82) is 0 Å². The second-order valence-electron chi connectivity index (χ2n) is 5.67. The molecule has 0 aliphatic heterocycles. The Kier molecular flexibility index (Phi) is 5.63. The number of aryl methyl sites for hydroxylation is 1. The van der Waals surface area contributed by atoms with Crippen LogP contribution in [0.15, 0.2) is 18.2 Å². The summed E-state index contributed by atoms with van der Waals surface area (Å²) in [5, 5.41) is 10.7. The van der Waals surface area contributed by atoms with E-state index in [1.165, 1.54) is 11.1 Å². The molecule has 0 heterocycles.